The van der Waals surface area contributed by atoms with Gasteiger partial charge in [-0.1, -0.05) is 60.7 Å². The number of benzene rings is 2. The van der Waals surface area contributed by atoms with Crippen molar-refractivity contribution in [2.45, 2.75) is 25.6 Å². The van der Waals surface area contributed by atoms with Crippen molar-refractivity contribution in [1.29, 1.82) is 0 Å². The molecule has 1 aromatic heterocycles. The fourth-order valence-electron chi connectivity index (χ4n) is 3.64. The number of hydrogen-bond acceptors (Lipinski definition) is 6. The number of aromatic nitrogens is 3. The maximum absolute atomic E-state index is 12.8. The van der Waals surface area contributed by atoms with Gasteiger partial charge in [0.05, 0.1) is 12.6 Å². The minimum atomic E-state index is -1.55. The summed E-state index contributed by atoms with van der Waals surface area (Å²) in [6.45, 7) is 3.53. The van der Waals surface area contributed by atoms with Crippen LogP contribution in [0.25, 0.3) is 11.4 Å². The number of hydrogen-bond donors (Lipinski definition) is 2. The third kappa shape index (κ3) is 3.14. The Hall–Kier alpha value is -3.19. The van der Waals surface area contributed by atoms with Gasteiger partial charge in [0.1, 0.15) is 5.92 Å². The van der Waals surface area contributed by atoms with Crippen LogP contribution < -0.4 is 5.32 Å². The van der Waals surface area contributed by atoms with E-state index in [1.807, 2.05) is 60.7 Å². The summed E-state index contributed by atoms with van der Waals surface area (Å²) in [5.74, 6) is -0.466. The molecule has 3 atom stereocenters. The highest BCUT2D eigenvalue weighted by molar-refractivity contribution is 5.76. The molecule has 0 amide bonds. The van der Waals surface area contributed by atoms with Crippen molar-refractivity contribution in [3.05, 3.63) is 66.2 Å². The van der Waals surface area contributed by atoms with Crippen LogP contribution >= 0.6 is 0 Å². The van der Waals surface area contributed by atoms with Gasteiger partial charge in [-0.2, -0.15) is 4.98 Å². The van der Waals surface area contributed by atoms with Gasteiger partial charge >= 0.3 is 5.97 Å². The number of esters is 1. The molecule has 144 valence electrons. The largest absolute Gasteiger partial charge is 0.466 e. The van der Waals surface area contributed by atoms with Gasteiger partial charge in [-0.25, -0.2) is 4.68 Å². The fourth-order valence-corrected chi connectivity index (χ4v) is 3.64. The van der Waals surface area contributed by atoms with Gasteiger partial charge < -0.3 is 15.2 Å². The average molecular weight is 378 g/mol. The second kappa shape index (κ2) is 7.09. The Morgan fingerprint density at radius 3 is 2.46 bits per heavy atom. The summed E-state index contributed by atoms with van der Waals surface area (Å²) >= 11 is 0. The third-order valence-electron chi connectivity index (χ3n) is 4.89. The summed E-state index contributed by atoms with van der Waals surface area (Å²) in [5, 5.41) is 18.7. The quantitative estimate of drug-likeness (QED) is 0.679. The van der Waals surface area contributed by atoms with Crippen LogP contribution in [0.5, 0.6) is 0 Å². The smallest absolute Gasteiger partial charge is 0.316 e. The van der Waals surface area contributed by atoms with Gasteiger partial charge in [0, 0.05) is 5.56 Å². The molecule has 2 N–H and O–H groups in total. The summed E-state index contributed by atoms with van der Waals surface area (Å²) in [6, 6.07) is 18.5. The molecule has 2 heterocycles. The maximum atomic E-state index is 12.8. The molecule has 4 rings (SSSR count). The molecule has 0 aliphatic carbocycles. The Morgan fingerprint density at radius 2 is 1.82 bits per heavy atom. The molecule has 0 fully saturated rings. The van der Waals surface area contributed by atoms with E-state index in [-0.39, 0.29) is 6.61 Å². The van der Waals surface area contributed by atoms with Crippen LogP contribution in [-0.4, -0.2) is 38.2 Å². The predicted octanol–water partition coefficient (Wildman–Crippen LogP) is 2.85. The van der Waals surface area contributed by atoms with Crippen molar-refractivity contribution in [2.75, 3.05) is 11.9 Å². The number of fused-ring (bicyclic) bond motifs is 1. The lowest BCUT2D eigenvalue weighted by Gasteiger charge is -2.41. The average Bonchev–Trinajstić information content (AvgIpc) is 3.10. The van der Waals surface area contributed by atoms with Crippen molar-refractivity contribution in [3.63, 3.8) is 0 Å². The summed E-state index contributed by atoms with van der Waals surface area (Å²) in [7, 11) is 0. The number of nitrogens with one attached hydrogen (secondary N) is 1. The molecule has 0 saturated heterocycles. The van der Waals surface area contributed by atoms with Crippen LogP contribution in [0.4, 0.5) is 5.95 Å². The van der Waals surface area contributed by atoms with Crippen molar-refractivity contribution in [3.8, 4) is 11.4 Å². The standard InChI is InChI=1S/C21H22N4O3/c1-3-28-19(26)16-17(14-10-6-4-7-11-14)25-20(23-21(16,2)27)22-18(24-25)15-12-8-5-9-13-15/h4-13,16-17,27H,3H2,1-2H3,(H,22,23,24). The molecule has 7 heteroatoms. The Bertz CT molecular complexity index is 970. The van der Waals surface area contributed by atoms with E-state index < -0.39 is 23.7 Å². The van der Waals surface area contributed by atoms with E-state index in [0.29, 0.717) is 11.8 Å². The molecule has 28 heavy (non-hydrogen) atoms. The van der Waals surface area contributed by atoms with E-state index in [0.717, 1.165) is 11.1 Å². The molecule has 1 aliphatic heterocycles. The highest BCUT2D eigenvalue weighted by atomic mass is 16.5. The maximum Gasteiger partial charge on any atom is 0.316 e. The molecule has 3 unspecified atom stereocenters. The Kier molecular flexibility index (Phi) is 4.60. The zero-order valence-electron chi connectivity index (χ0n) is 15.7. The van der Waals surface area contributed by atoms with Crippen molar-refractivity contribution in [2.24, 2.45) is 5.92 Å². The van der Waals surface area contributed by atoms with Gasteiger partial charge in [-0.05, 0) is 19.4 Å². The number of aliphatic hydroxyl groups is 1. The van der Waals surface area contributed by atoms with E-state index >= 15 is 0 Å². The first-order valence-corrected chi connectivity index (χ1v) is 9.25. The Morgan fingerprint density at radius 1 is 1.18 bits per heavy atom. The van der Waals surface area contributed by atoms with E-state index in [1.165, 1.54) is 0 Å². The van der Waals surface area contributed by atoms with E-state index in [9.17, 15) is 9.90 Å². The first kappa shape index (κ1) is 18.2. The predicted molar refractivity (Wildman–Crippen MR) is 104 cm³/mol. The van der Waals surface area contributed by atoms with Gasteiger partial charge in [0.15, 0.2) is 11.5 Å². The molecular formula is C21H22N4O3. The molecule has 0 saturated carbocycles. The minimum Gasteiger partial charge on any atom is -0.466 e. The molecule has 2 aromatic carbocycles. The normalized spacial score (nSPS) is 23.5. The Labute approximate surface area is 163 Å². The lowest BCUT2D eigenvalue weighted by molar-refractivity contribution is -0.159. The molecule has 0 bridgehead atoms. The molecule has 0 radical (unpaired) electrons. The molecule has 1 aliphatic rings. The first-order valence-electron chi connectivity index (χ1n) is 9.25. The molecule has 3 aromatic rings. The second-order valence-corrected chi connectivity index (χ2v) is 6.93. The molecule has 0 spiro atoms. The van der Waals surface area contributed by atoms with Crippen LogP contribution in [0.3, 0.4) is 0 Å². The van der Waals surface area contributed by atoms with Crippen molar-refractivity contribution < 1.29 is 14.6 Å². The monoisotopic (exact) mass is 378 g/mol. The van der Waals surface area contributed by atoms with Crippen LogP contribution in [0.15, 0.2) is 60.7 Å². The third-order valence-corrected chi connectivity index (χ3v) is 4.89. The number of nitrogens with zero attached hydrogens (tertiary/aromatic N) is 3. The van der Waals surface area contributed by atoms with Crippen LogP contribution in [-0.2, 0) is 9.53 Å². The molecule has 7 nitrogen and oxygen atoms in total. The van der Waals surface area contributed by atoms with Crippen LogP contribution in [0, 0.1) is 5.92 Å². The van der Waals surface area contributed by atoms with Gasteiger partial charge in [-0.15, -0.1) is 5.10 Å². The minimum absolute atomic E-state index is 0.229. The number of carbonyl (C=O) groups is 1. The van der Waals surface area contributed by atoms with Crippen LogP contribution in [0.2, 0.25) is 0 Å². The van der Waals surface area contributed by atoms with E-state index in [2.05, 4.69) is 15.4 Å². The second-order valence-electron chi connectivity index (χ2n) is 6.93. The van der Waals surface area contributed by atoms with Crippen molar-refractivity contribution in [1.82, 2.24) is 14.8 Å². The molecular weight excluding hydrogens is 356 g/mol. The number of rotatable bonds is 4. The summed E-state index contributed by atoms with van der Waals surface area (Å²) in [4.78, 5) is 17.4. The lowest BCUT2D eigenvalue weighted by atomic mass is 9.83. The highest BCUT2D eigenvalue weighted by Gasteiger charge is 2.51. The van der Waals surface area contributed by atoms with Gasteiger partial charge in [0.25, 0.3) is 0 Å². The summed E-state index contributed by atoms with van der Waals surface area (Å²) in [5.41, 5.74) is 0.141. The summed E-state index contributed by atoms with van der Waals surface area (Å²) < 4.78 is 6.94. The topological polar surface area (TPSA) is 89.3 Å². The summed E-state index contributed by atoms with van der Waals surface area (Å²) in [6.07, 6.45) is 0. The zero-order chi connectivity index (χ0) is 19.7. The van der Waals surface area contributed by atoms with Crippen molar-refractivity contribution >= 4 is 11.9 Å². The first-order chi connectivity index (χ1) is 13.5. The van der Waals surface area contributed by atoms with Gasteiger partial charge in [-0.3, -0.25) is 4.79 Å². The lowest BCUT2D eigenvalue weighted by Crippen LogP contribution is -2.55. The van der Waals surface area contributed by atoms with E-state index in [1.54, 1.807) is 18.5 Å². The SMILES string of the molecule is CCOC(=O)C1C(c2ccccc2)n2nc(-c3ccccc3)nc2NC1(C)O. The highest BCUT2D eigenvalue weighted by Crippen LogP contribution is 2.41. The van der Waals surface area contributed by atoms with E-state index in [4.69, 9.17) is 4.74 Å². The van der Waals surface area contributed by atoms with Crippen LogP contribution in [0.1, 0.15) is 25.5 Å². The fraction of sp³-hybridized carbons (Fsp3) is 0.286. The number of anilines is 1. The zero-order valence-corrected chi connectivity index (χ0v) is 15.7. The Balaban J connectivity index is 1.88. The number of ether oxygens (including phenoxy) is 1. The number of carbonyl (C=O) groups excluding carboxylic acids is 1. The van der Waals surface area contributed by atoms with Gasteiger partial charge in [0.2, 0.25) is 5.95 Å².